The van der Waals surface area contributed by atoms with Gasteiger partial charge in [0.1, 0.15) is 11.5 Å². The minimum Gasteiger partial charge on any atom is -0.507 e. The number of aromatic hydroxyl groups is 2. The molecule has 0 fully saturated rings. The van der Waals surface area contributed by atoms with Gasteiger partial charge in [-0.1, -0.05) is 36.4 Å². The Morgan fingerprint density at radius 2 is 0.909 bits per heavy atom. The number of rotatable bonds is 1. The van der Waals surface area contributed by atoms with E-state index < -0.39 is 11.9 Å². The van der Waals surface area contributed by atoms with Crippen molar-refractivity contribution in [3.05, 3.63) is 48.5 Å². The summed E-state index contributed by atoms with van der Waals surface area (Å²) in [6.07, 6.45) is 0. The van der Waals surface area contributed by atoms with Gasteiger partial charge in [-0.3, -0.25) is 9.59 Å². The average molecular weight is 306 g/mol. The monoisotopic (exact) mass is 306 g/mol. The Balaban J connectivity index is 0.000000464. The third-order valence-electron chi connectivity index (χ3n) is 2.10. The summed E-state index contributed by atoms with van der Waals surface area (Å²) in [5.41, 5.74) is 1.29. The quantitative estimate of drug-likeness (QED) is 0.644. The first-order valence-electron chi connectivity index (χ1n) is 6.21. The van der Waals surface area contributed by atoms with Crippen LogP contribution >= 0.6 is 0 Å². The first kappa shape index (κ1) is 19.0. The largest absolute Gasteiger partial charge is 0.507 e. The van der Waals surface area contributed by atoms with Gasteiger partial charge in [-0.2, -0.15) is 0 Å². The molecule has 6 nitrogen and oxygen atoms in total. The zero-order chi connectivity index (χ0) is 17.1. The van der Waals surface area contributed by atoms with E-state index >= 15 is 0 Å². The van der Waals surface area contributed by atoms with E-state index in [1.807, 2.05) is 12.1 Å². The van der Waals surface area contributed by atoms with Crippen LogP contribution in [0.5, 0.6) is 11.5 Å². The highest BCUT2D eigenvalue weighted by Gasteiger charge is 2.06. The molecule has 2 aromatic rings. The Morgan fingerprint density at radius 3 is 1.14 bits per heavy atom. The van der Waals surface area contributed by atoms with Gasteiger partial charge in [-0.25, -0.2) is 0 Å². The summed E-state index contributed by atoms with van der Waals surface area (Å²) >= 11 is 0. The van der Waals surface area contributed by atoms with Gasteiger partial charge in [0.25, 0.3) is 11.9 Å². The SMILES string of the molecule is CC(=O)O.CC(=O)O.Oc1ccccc1-c1ccccc1O. The minimum atomic E-state index is -0.833. The maximum atomic E-state index is 9.58. The summed E-state index contributed by atoms with van der Waals surface area (Å²) in [6.45, 7) is 2.17. The summed E-state index contributed by atoms with van der Waals surface area (Å²) < 4.78 is 0. The van der Waals surface area contributed by atoms with E-state index in [2.05, 4.69) is 0 Å². The maximum absolute atomic E-state index is 9.58. The van der Waals surface area contributed by atoms with E-state index in [1.54, 1.807) is 36.4 Å². The third-order valence-corrected chi connectivity index (χ3v) is 2.10. The van der Waals surface area contributed by atoms with Crippen LogP contribution < -0.4 is 0 Å². The van der Waals surface area contributed by atoms with Gasteiger partial charge in [0, 0.05) is 25.0 Å². The van der Waals surface area contributed by atoms with Crippen LogP contribution in [-0.4, -0.2) is 32.4 Å². The Bertz CT molecular complexity index is 558. The fourth-order valence-corrected chi connectivity index (χ4v) is 1.40. The second-order valence-electron chi connectivity index (χ2n) is 4.07. The van der Waals surface area contributed by atoms with Crippen LogP contribution in [0.25, 0.3) is 11.1 Å². The highest BCUT2D eigenvalue weighted by atomic mass is 16.4. The number of hydrogen-bond acceptors (Lipinski definition) is 4. The Kier molecular flexibility index (Phi) is 8.47. The zero-order valence-corrected chi connectivity index (χ0v) is 12.2. The van der Waals surface area contributed by atoms with Crippen molar-refractivity contribution in [2.24, 2.45) is 0 Å². The maximum Gasteiger partial charge on any atom is 0.300 e. The molecule has 118 valence electrons. The van der Waals surface area contributed by atoms with E-state index in [0.29, 0.717) is 11.1 Å². The highest BCUT2D eigenvalue weighted by molar-refractivity contribution is 5.74. The van der Waals surface area contributed by atoms with E-state index in [4.69, 9.17) is 19.8 Å². The molecule has 0 aromatic heterocycles. The lowest BCUT2D eigenvalue weighted by Crippen LogP contribution is -1.79. The molecule has 6 heteroatoms. The molecule has 2 aromatic carbocycles. The first-order chi connectivity index (χ1) is 10.3. The standard InChI is InChI=1S/C12H10O2.2C2H4O2/c13-11-7-3-1-5-9(11)10-6-2-4-8-12(10)14;2*1-2(3)4/h1-8,13-14H;2*1H3,(H,3,4). The Labute approximate surface area is 127 Å². The number of hydrogen-bond donors (Lipinski definition) is 4. The van der Waals surface area contributed by atoms with Crippen LogP contribution in [0, 0.1) is 0 Å². The molecule has 0 bridgehead atoms. The smallest absolute Gasteiger partial charge is 0.300 e. The molecule has 0 amide bonds. The van der Waals surface area contributed by atoms with E-state index in [-0.39, 0.29) is 11.5 Å². The van der Waals surface area contributed by atoms with E-state index in [1.165, 1.54) is 0 Å². The van der Waals surface area contributed by atoms with Gasteiger partial charge >= 0.3 is 0 Å². The lowest BCUT2D eigenvalue weighted by molar-refractivity contribution is -0.135. The molecule has 0 aliphatic carbocycles. The topological polar surface area (TPSA) is 115 Å². The molecular formula is C16H18O6. The summed E-state index contributed by atoms with van der Waals surface area (Å²) in [6, 6.07) is 13.9. The molecule has 0 saturated carbocycles. The minimum absolute atomic E-state index is 0.175. The number of phenolic OH excluding ortho intramolecular Hbond substituents is 2. The van der Waals surface area contributed by atoms with Crippen LogP contribution in [0.15, 0.2) is 48.5 Å². The summed E-state index contributed by atoms with van der Waals surface area (Å²) in [4.78, 5) is 18.0. The summed E-state index contributed by atoms with van der Waals surface area (Å²) in [5, 5.41) is 34.0. The number of benzene rings is 2. The van der Waals surface area contributed by atoms with Gasteiger partial charge in [0.05, 0.1) is 0 Å². The van der Waals surface area contributed by atoms with Crippen molar-refractivity contribution in [1.29, 1.82) is 0 Å². The number of aliphatic carboxylic acids is 2. The molecule has 4 N–H and O–H groups in total. The van der Waals surface area contributed by atoms with Crippen LogP contribution in [0.3, 0.4) is 0 Å². The number of carbonyl (C=O) groups is 2. The highest BCUT2D eigenvalue weighted by Crippen LogP contribution is 2.34. The van der Waals surface area contributed by atoms with E-state index in [9.17, 15) is 10.2 Å². The van der Waals surface area contributed by atoms with Crippen molar-refractivity contribution in [3.63, 3.8) is 0 Å². The Morgan fingerprint density at radius 1 is 0.682 bits per heavy atom. The van der Waals surface area contributed by atoms with Gasteiger partial charge < -0.3 is 20.4 Å². The molecule has 0 heterocycles. The summed E-state index contributed by atoms with van der Waals surface area (Å²) in [5.74, 6) is -1.32. The second-order valence-corrected chi connectivity index (χ2v) is 4.07. The van der Waals surface area contributed by atoms with Crippen molar-refractivity contribution in [3.8, 4) is 22.6 Å². The van der Waals surface area contributed by atoms with Crippen molar-refractivity contribution >= 4 is 11.9 Å². The number of carboxylic acids is 2. The van der Waals surface area contributed by atoms with Gasteiger partial charge in [-0.15, -0.1) is 0 Å². The predicted molar refractivity (Wildman–Crippen MR) is 81.8 cm³/mol. The molecular weight excluding hydrogens is 288 g/mol. The van der Waals surface area contributed by atoms with Crippen molar-refractivity contribution < 1.29 is 30.0 Å². The van der Waals surface area contributed by atoms with Crippen LogP contribution in [0.1, 0.15) is 13.8 Å². The molecule has 0 unspecified atom stereocenters. The van der Waals surface area contributed by atoms with Crippen molar-refractivity contribution in [2.45, 2.75) is 13.8 Å². The molecule has 0 spiro atoms. The number of para-hydroxylation sites is 2. The van der Waals surface area contributed by atoms with Gasteiger partial charge in [0.15, 0.2) is 0 Å². The lowest BCUT2D eigenvalue weighted by atomic mass is 10.0. The van der Waals surface area contributed by atoms with Crippen LogP contribution in [-0.2, 0) is 9.59 Å². The Hall–Kier alpha value is -3.02. The first-order valence-corrected chi connectivity index (χ1v) is 6.21. The normalized spacial score (nSPS) is 8.64. The molecule has 2 rings (SSSR count). The second kappa shape index (κ2) is 9.82. The van der Waals surface area contributed by atoms with Crippen molar-refractivity contribution in [2.75, 3.05) is 0 Å². The van der Waals surface area contributed by atoms with Gasteiger partial charge in [0.2, 0.25) is 0 Å². The molecule has 22 heavy (non-hydrogen) atoms. The average Bonchev–Trinajstić information content (AvgIpc) is 2.39. The molecule has 0 atom stereocenters. The molecule has 0 radical (unpaired) electrons. The molecule has 0 aliphatic heterocycles. The molecule has 0 saturated heterocycles. The van der Waals surface area contributed by atoms with Crippen molar-refractivity contribution in [1.82, 2.24) is 0 Å². The van der Waals surface area contributed by atoms with Crippen LogP contribution in [0.2, 0.25) is 0 Å². The number of phenols is 2. The zero-order valence-electron chi connectivity index (χ0n) is 12.2. The number of carboxylic acid groups (broad SMARTS) is 2. The fourth-order valence-electron chi connectivity index (χ4n) is 1.40. The van der Waals surface area contributed by atoms with Crippen LogP contribution in [0.4, 0.5) is 0 Å². The predicted octanol–water partition coefficient (Wildman–Crippen LogP) is 2.95. The molecule has 0 aliphatic rings. The van der Waals surface area contributed by atoms with Gasteiger partial charge in [-0.05, 0) is 12.1 Å². The lowest BCUT2D eigenvalue weighted by Gasteiger charge is -2.05. The summed E-state index contributed by atoms with van der Waals surface area (Å²) in [7, 11) is 0. The fraction of sp³-hybridized carbons (Fsp3) is 0.125. The van der Waals surface area contributed by atoms with E-state index in [0.717, 1.165) is 13.8 Å². The third kappa shape index (κ3) is 8.21.